The average Bonchev–Trinajstić information content (AvgIpc) is 2.52. The first-order valence-electron chi connectivity index (χ1n) is 7.93. The number of carbonyl (C=O) groups excluding carboxylic acids is 1. The topological polar surface area (TPSA) is 41.6 Å². The highest BCUT2D eigenvalue weighted by Gasteiger charge is 2.21. The third-order valence-electron chi connectivity index (χ3n) is 4.09. The molecule has 0 atom stereocenters. The molecule has 0 aliphatic carbocycles. The van der Waals surface area contributed by atoms with Crippen LogP contribution in [0.4, 0.5) is 0 Å². The summed E-state index contributed by atoms with van der Waals surface area (Å²) in [5.74, 6) is 0.805. The second-order valence-electron chi connectivity index (χ2n) is 5.70. The molecule has 1 aromatic rings. The monoisotopic (exact) mass is 324 g/mol. The van der Waals surface area contributed by atoms with Crippen molar-refractivity contribution in [3.05, 3.63) is 27.8 Å². The molecule has 1 aliphatic heterocycles. The molecule has 1 heterocycles. The molecule has 2 rings (SSSR count). The highest BCUT2D eigenvalue weighted by atomic mass is 35.5. The van der Waals surface area contributed by atoms with Crippen LogP contribution in [0.3, 0.4) is 0 Å². The molecule has 122 valence electrons. The van der Waals surface area contributed by atoms with E-state index in [1.54, 1.807) is 0 Å². The number of nitrogens with one attached hydrogen (secondary N) is 1. The third-order valence-corrected chi connectivity index (χ3v) is 4.49. The first-order chi connectivity index (χ1) is 10.5. The summed E-state index contributed by atoms with van der Waals surface area (Å²) in [6, 6.07) is 1.87. The van der Waals surface area contributed by atoms with Crippen molar-refractivity contribution in [1.29, 1.82) is 0 Å². The van der Waals surface area contributed by atoms with Crippen LogP contribution < -0.4 is 10.1 Å². The lowest BCUT2D eigenvalue weighted by atomic mass is 9.98. The highest BCUT2D eigenvalue weighted by molar-refractivity contribution is 6.32. The van der Waals surface area contributed by atoms with Crippen molar-refractivity contribution in [3.8, 4) is 5.75 Å². The SMILES string of the molecule is CCOc1c(C)cc(Cl)c(C)c1C(=O)CCN1CCNCC1. The van der Waals surface area contributed by atoms with E-state index in [-0.39, 0.29) is 5.78 Å². The molecule has 1 fully saturated rings. The Morgan fingerprint density at radius 1 is 1.36 bits per heavy atom. The van der Waals surface area contributed by atoms with Crippen molar-refractivity contribution in [2.75, 3.05) is 39.3 Å². The molecule has 1 aromatic carbocycles. The number of rotatable bonds is 6. The van der Waals surface area contributed by atoms with Gasteiger partial charge in [0.15, 0.2) is 5.78 Å². The number of ketones is 1. The zero-order chi connectivity index (χ0) is 16.1. The maximum Gasteiger partial charge on any atom is 0.168 e. The van der Waals surface area contributed by atoms with Gasteiger partial charge in [-0.25, -0.2) is 0 Å². The van der Waals surface area contributed by atoms with Crippen LogP contribution in [0, 0.1) is 13.8 Å². The van der Waals surface area contributed by atoms with E-state index in [1.165, 1.54) is 0 Å². The fraction of sp³-hybridized carbons (Fsp3) is 0.588. The largest absolute Gasteiger partial charge is 0.493 e. The molecule has 1 saturated heterocycles. The van der Waals surface area contributed by atoms with Gasteiger partial charge in [-0.05, 0) is 38.0 Å². The number of Topliss-reactive ketones (excluding diaryl/α,β-unsaturated/α-hetero) is 1. The Labute approximate surface area is 137 Å². The predicted molar refractivity (Wildman–Crippen MR) is 90.4 cm³/mol. The summed E-state index contributed by atoms with van der Waals surface area (Å²) in [4.78, 5) is 15.0. The molecule has 0 spiro atoms. The number of piperazine rings is 1. The molecule has 0 saturated carbocycles. The number of hydrogen-bond donors (Lipinski definition) is 1. The molecule has 0 aromatic heterocycles. The van der Waals surface area contributed by atoms with Gasteiger partial charge in [0.1, 0.15) is 5.75 Å². The molecular weight excluding hydrogens is 300 g/mol. The van der Waals surface area contributed by atoms with Crippen LogP contribution in [0.15, 0.2) is 6.07 Å². The van der Waals surface area contributed by atoms with Crippen molar-refractivity contribution in [2.45, 2.75) is 27.2 Å². The quantitative estimate of drug-likeness (QED) is 0.817. The van der Waals surface area contributed by atoms with Crippen molar-refractivity contribution in [1.82, 2.24) is 10.2 Å². The maximum absolute atomic E-state index is 12.7. The van der Waals surface area contributed by atoms with Crippen molar-refractivity contribution >= 4 is 17.4 Å². The van der Waals surface area contributed by atoms with Crippen molar-refractivity contribution in [2.24, 2.45) is 0 Å². The predicted octanol–water partition coefficient (Wildman–Crippen LogP) is 2.83. The summed E-state index contributed by atoms with van der Waals surface area (Å²) in [7, 11) is 0. The van der Waals surface area contributed by atoms with E-state index in [0.29, 0.717) is 29.4 Å². The van der Waals surface area contributed by atoms with E-state index in [4.69, 9.17) is 16.3 Å². The Morgan fingerprint density at radius 2 is 2.05 bits per heavy atom. The van der Waals surface area contributed by atoms with Gasteiger partial charge in [0.25, 0.3) is 0 Å². The minimum atomic E-state index is 0.116. The van der Waals surface area contributed by atoms with Gasteiger partial charge in [0.2, 0.25) is 0 Å². The summed E-state index contributed by atoms with van der Waals surface area (Å²) < 4.78 is 5.71. The van der Waals surface area contributed by atoms with Gasteiger partial charge in [0.05, 0.1) is 12.2 Å². The van der Waals surface area contributed by atoms with Gasteiger partial charge < -0.3 is 15.0 Å². The first-order valence-corrected chi connectivity index (χ1v) is 8.31. The molecule has 4 nitrogen and oxygen atoms in total. The zero-order valence-corrected chi connectivity index (χ0v) is 14.4. The van der Waals surface area contributed by atoms with Gasteiger partial charge in [-0.2, -0.15) is 0 Å². The Bertz CT molecular complexity index is 540. The summed E-state index contributed by atoms with van der Waals surface area (Å²) in [5, 5.41) is 3.95. The summed E-state index contributed by atoms with van der Waals surface area (Å²) in [6.07, 6.45) is 0.501. The van der Waals surface area contributed by atoms with Crippen LogP contribution in [0.5, 0.6) is 5.75 Å². The number of halogens is 1. The molecule has 0 amide bonds. The van der Waals surface area contributed by atoms with E-state index in [9.17, 15) is 4.79 Å². The minimum absolute atomic E-state index is 0.116. The van der Waals surface area contributed by atoms with Crippen molar-refractivity contribution in [3.63, 3.8) is 0 Å². The molecule has 1 aliphatic rings. The fourth-order valence-corrected chi connectivity index (χ4v) is 3.09. The normalized spacial score (nSPS) is 15.8. The Hall–Kier alpha value is -1.10. The smallest absolute Gasteiger partial charge is 0.168 e. The zero-order valence-electron chi connectivity index (χ0n) is 13.7. The highest BCUT2D eigenvalue weighted by Crippen LogP contribution is 2.33. The molecule has 0 radical (unpaired) electrons. The molecule has 22 heavy (non-hydrogen) atoms. The van der Waals surface area contributed by atoms with Gasteiger partial charge in [-0.3, -0.25) is 4.79 Å². The number of nitrogens with zero attached hydrogens (tertiary/aromatic N) is 1. The Kier molecular flexibility index (Phi) is 6.24. The van der Waals surface area contributed by atoms with Gasteiger partial charge in [-0.1, -0.05) is 11.6 Å². The number of carbonyl (C=O) groups is 1. The second-order valence-corrected chi connectivity index (χ2v) is 6.11. The average molecular weight is 325 g/mol. The molecule has 1 N–H and O–H groups in total. The number of aryl methyl sites for hydroxylation is 1. The van der Waals surface area contributed by atoms with Crippen LogP contribution in [0.1, 0.15) is 34.8 Å². The fourth-order valence-electron chi connectivity index (χ4n) is 2.84. The van der Waals surface area contributed by atoms with Gasteiger partial charge in [0, 0.05) is 44.2 Å². The maximum atomic E-state index is 12.7. The van der Waals surface area contributed by atoms with E-state index in [2.05, 4.69) is 10.2 Å². The van der Waals surface area contributed by atoms with Crippen LogP contribution in [0.25, 0.3) is 0 Å². The van der Waals surface area contributed by atoms with Crippen LogP contribution >= 0.6 is 11.6 Å². The van der Waals surface area contributed by atoms with Crippen LogP contribution in [0.2, 0.25) is 5.02 Å². The Morgan fingerprint density at radius 3 is 2.68 bits per heavy atom. The van der Waals surface area contributed by atoms with Crippen LogP contribution in [-0.2, 0) is 0 Å². The van der Waals surface area contributed by atoms with Crippen LogP contribution in [-0.4, -0.2) is 50.0 Å². The first kappa shape index (κ1) is 17.3. The lowest BCUT2D eigenvalue weighted by Gasteiger charge is -2.27. The van der Waals surface area contributed by atoms with Gasteiger partial charge >= 0.3 is 0 Å². The van der Waals surface area contributed by atoms with Crippen molar-refractivity contribution < 1.29 is 9.53 Å². The van der Waals surface area contributed by atoms with E-state index in [0.717, 1.165) is 43.9 Å². The molecular formula is C17H25ClN2O2. The molecule has 5 heteroatoms. The van der Waals surface area contributed by atoms with Gasteiger partial charge in [-0.15, -0.1) is 0 Å². The number of ether oxygens (including phenoxy) is 1. The molecule has 0 bridgehead atoms. The lowest BCUT2D eigenvalue weighted by molar-refractivity contribution is 0.0956. The summed E-state index contributed by atoms with van der Waals surface area (Å²) in [6.45, 7) is 11.1. The minimum Gasteiger partial charge on any atom is -0.493 e. The Balaban J connectivity index is 2.16. The van der Waals surface area contributed by atoms with E-state index < -0.39 is 0 Å². The lowest BCUT2D eigenvalue weighted by Crippen LogP contribution is -2.44. The van der Waals surface area contributed by atoms with E-state index in [1.807, 2.05) is 26.8 Å². The summed E-state index contributed by atoms with van der Waals surface area (Å²) in [5.41, 5.74) is 2.39. The second kappa shape index (κ2) is 7.95. The third kappa shape index (κ3) is 4.00. The number of benzene rings is 1. The standard InChI is InChI=1S/C17H25ClN2O2/c1-4-22-17-12(2)11-14(18)13(3)16(17)15(21)5-8-20-9-6-19-7-10-20/h11,19H,4-10H2,1-3H3. The van der Waals surface area contributed by atoms with E-state index >= 15 is 0 Å². The summed E-state index contributed by atoms with van der Waals surface area (Å²) >= 11 is 6.26. The number of hydrogen-bond acceptors (Lipinski definition) is 4. The molecule has 0 unspecified atom stereocenters.